The van der Waals surface area contributed by atoms with E-state index in [1.165, 1.54) is 0 Å². The third kappa shape index (κ3) is 4.87. The van der Waals surface area contributed by atoms with Crippen LogP contribution in [0, 0.1) is 12.3 Å². The molecule has 118 valence electrons. The van der Waals surface area contributed by atoms with E-state index in [1.54, 1.807) is 29.2 Å². The first-order valence-electron chi connectivity index (χ1n) is 7.35. The van der Waals surface area contributed by atoms with E-state index in [9.17, 15) is 9.90 Å². The number of ether oxygens (including phenoxy) is 1. The van der Waals surface area contributed by atoms with Crippen LogP contribution in [0.3, 0.4) is 0 Å². The van der Waals surface area contributed by atoms with Crippen LogP contribution in [0.1, 0.15) is 15.9 Å². The molecule has 1 N–H and O–H groups in total. The summed E-state index contributed by atoms with van der Waals surface area (Å²) in [6, 6.07) is 16.5. The van der Waals surface area contributed by atoms with Crippen molar-refractivity contribution in [2.75, 3.05) is 19.8 Å². The SMILES string of the molecule is C#CCOc1ccc(C(=O)N(CCO)Cc2ccccc2)cc1. The molecule has 4 heteroatoms. The Bertz CT molecular complexity index is 659. The Balaban J connectivity index is 2.09. The summed E-state index contributed by atoms with van der Waals surface area (Å²) in [7, 11) is 0. The van der Waals surface area contributed by atoms with Crippen molar-refractivity contribution in [2.45, 2.75) is 6.54 Å². The lowest BCUT2D eigenvalue weighted by molar-refractivity contribution is 0.0708. The van der Waals surface area contributed by atoms with Crippen molar-refractivity contribution in [3.63, 3.8) is 0 Å². The summed E-state index contributed by atoms with van der Waals surface area (Å²) >= 11 is 0. The van der Waals surface area contributed by atoms with Crippen LogP contribution in [0.4, 0.5) is 0 Å². The Morgan fingerprint density at radius 1 is 1.13 bits per heavy atom. The van der Waals surface area contributed by atoms with Gasteiger partial charge in [-0.05, 0) is 29.8 Å². The first-order valence-corrected chi connectivity index (χ1v) is 7.35. The van der Waals surface area contributed by atoms with Crippen molar-refractivity contribution in [2.24, 2.45) is 0 Å². The normalized spacial score (nSPS) is 9.91. The van der Waals surface area contributed by atoms with Crippen LogP contribution in [0.25, 0.3) is 0 Å². The Kier molecular flexibility index (Phi) is 6.22. The summed E-state index contributed by atoms with van der Waals surface area (Å²) in [6.07, 6.45) is 5.14. The number of hydrogen-bond acceptors (Lipinski definition) is 3. The molecule has 0 spiro atoms. The van der Waals surface area contributed by atoms with Gasteiger partial charge in [0, 0.05) is 18.7 Å². The van der Waals surface area contributed by atoms with Crippen LogP contribution in [0.2, 0.25) is 0 Å². The largest absolute Gasteiger partial charge is 0.481 e. The van der Waals surface area contributed by atoms with Crippen LogP contribution in [0.5, 0.6) is 5.75 Å². The summed E-state index contributed by atoms with van der Waals surface area (Å²) in [4.78, 5) is 14.2. The van der Waals surface area contributed by atoms with E-state index in [0.717, 1.165) is 5.56 Å². The van der Waals surface area contributed by atoms with Gasteiger partial charge in [0.1, 0.15) is 12.4 Å². The third-order valence-corrected chi connectivity index (χ3v) is 3.30. The predicted molar refractivity (Wildman–Crippen MR) is 89.0 cm³/mol. The quantitative estimate of drug-likeness (QED) is 0.799. The van der Waals surface area contributed by atoms with Crippen LogP contribution < -0.4 is 4.74 Å². The standard InChI is InChI=1S/C19H19NO3/c1-2-14-23-18-10-8-17(9-11-18)19(22)20(12-13-21)15-16-6-4-3-5-7-16/h1,3-11,21H,12-15H2. The van der Waals surface area contributed by atoms with Gasteiger partial charge < -0.3 is 14.7 Å². The molecule has 0 atom stereocenters. The minimum Gasteiger partial charge on any atom is -0.481 e. The first kappa shape index (κ1) is 16.6. The molecule has 0 aromatic heterocycles. The Morgan fingerprint density at radius 2 is 1.83 bits per heavy atom. The molecule has 0 saturated heterocycles. The highest BCUT2D eigenvalue weighted by atomic mass is 16.5. The predicted octanol–water partition coefficient (Wildman–Crippen LogP) is 2.33. The minimum absolute atomic E-state index is 0.0814. The Morgan fingerprint density at radius 3 is 2.43 bits per heavy atom. The highest BCUT2D eigenvalue weighted by molar-refractivity contribution is 5.94. The number of amides is 1. The number of carbonyl (C=O) groups excluding carboxylic acids is 1. The van der Waals surface area contributed by atoms with Gasteiger partial charge in [0.05, 0.1) is 6.61 Å². The summed E-state index contributed by atoms with van der Waals surface area (Å²) < 4.78 is 5.29. The lowest BCUT2D eigenvalue weighted by Gasteiger charge is -2.22. The van der Waals surface area contributed by atoms with Crippen LogP contribution in [-0.2, 0) is 6.54 Å². The maximum atomic E-state index is 12.6. The molecule has 0 heterocycles. The lowest BCUT2D eigenvalue weighted by Crippen LogP contribution is -2.33. The number of nitrogens with zero attached hydrogens (tertiary/aromatic N) is 1. The monoisotopic (exact) mass is 309 g/mol. The van der Waals surface area contributed by atoms with Crippen molar-refractivity contribution in [3.8, 4) is 18.1 Å². The van der Waals surface area contributed by atoms with Gasteiger partial charge in [-0.15, -0.1) is 6.42 Å². The van der Waals surface area contributed by atoms with E-state index >= 15 is 0 Å². The van der Waals surface area contributed by atoms with Crippen molar-refractivity contribution in [1.29, 1.82) is 0 Å². The van der Waals surface area contributed by atoms with Gasteiger partial charge in [0.25, 0.3) is 5.91 Å². The molecule has 4 nitrogen and oxygen atoms in total. The molecule has 0 fully saturated rings. The van der Waals surface area contributed by atoms with Gasteiger partial charge in [-0.3, -0.25) is 4.79 Å². The molecule has 0 aliphatic rings. The Labute approximate surface area is 136 Å². The molecule has 0 unspecified atom stereocenters. The number of hydrogen-bond donors (Lipinski definition) is 1. The molecule has 0 bridgehead atoms. The number of rotatable bonds is 7. The molecular formula is C19H19NO3. The summed E-state index contributed by atoms with van der Waals surface area (Å²) in [5.74, 6) is 2.88. The van der Waals surface area contributed by atoms with E-state index in [2.05, 4.69) is 5.92 Å². The number of benzene rings is 2. The van der Waals surface area contributed by atoms with Gasteiger partial charge >= 0.3 is 0 Å². The van der Waals surface area contributed by atoms with Gasteiger partial charge in [-0.2, -0.15) is 0 Å². The highest BCUT2D eigenvalue weighted by Crippen LogP contribution is 2.15. The maximum absolute atomic E-state index is 12.6. The summed E-state index contributed by atoms with van der Waals surface area (Å²) in [5, 5.41) is 9.22. The summed E-state index contributed by atoms with van der Waals surface area (Å²) in [6.45, 7) is 0.846. The van der Waals surface area contributed by atoms with Gasteiger partial charge in [0.2, 0.25) is 0 Å². The second-order valence-corrected chi connectivity index (χ2v) is 4.95. The number of aliphatic hydroxyl groups is 1. The second kappa shape index (κ2) is 8.62. The molecule has 0 saturated carbocycles. The second-order valence-electron chi connectivity index (χ2n) is 4.95. The zero-order chi connectivity index (χ0) is 16.5. The molecule has 23 heavy (non-hydrogen) atoms. The van der Waals surface area contributed by atoms with Gasteiger partial charge in [0.15, 0.2) is 0 Å². The molecule has 2 aromatic carbocycles. The lowest BCUT2D eigenvalue weighted by atomic mass is 10.1. The van der Waals surface area contributed by atoms with E-state index in [-0.39, 0.29) is 25.7 Å². The average molecular weight is 309 g/mol. The Hall–Kier alpha value is -2.77. The van der Waals surface area contributed by atoms with Crippen molar-refractivity contribution in [1.82, 2.24) is 4.90 Å². The average Bonchev–Trinajstić information content (AvgIpc) is 2.60. The number of aliphatic hydroxyl groups excluding tert-OH is 1. The zero-order valence-corrected chi connectivity index (χ0v) is 12.8. The topological polar surface area (TPSA) is 49.8 Å². The zero-order valence-electron chi connectivity index (χ0n) is 12.8. The minimum atomic E-state index is -0.133. The first-order chi connectivity index (χ1) is 11.2. The third-order valence-electron chi connectivity index (χ3n) is 3.30. The molecule has 1 amide bonds. The van der Waals surface area contributed by atoms with Gasteiger partial charge in [-0.1, -0.05) is 36.3 Å². The molecule has 0 radical (unpaired) electrons. The van der Waals surface area contributed by atoms with Crippen molar-refractivity contribution in [3.05, 3.63) is 65.7 Å². The molecular weight excluding hydrogens is 290 g/mol. The van der Waals surface area contributed by atoms with E-state index in [0.29, 0.717) is 17.9 Å². The fourth-order valence-electron chi connectivity index (χ4n) is 2.18. The van der Waals surface area contributed by atoms with Crippen LogP contribution >= 0.6 is 0 Å². The van der Waals surface area contributed by atoms with Gasteiger partial charge in [-0.25, -0.2) is 0 Å². The van der Waals surface area contributed by atoms with E-state index in [1.807, 2.05) is 30.3 Å². The van der Waals surface area contributed by atoms with E-state index in [4.69, 9.17) is 11.2 Å². The highest BCUT2D eigenvalue weighted by Gasteiger charge is 2.15. The molecule has 2 aromatic rings. The van der Waals surface area contributed by atoms with Crippen LogP contribution in [-0.4, -0.2) is 35.7 Å². The fraction of sp³-hybridized carbons (Fsp3) is 0.211. The van der Waals surface area contributed by atoms with E-state index < -0.39 is 0 Å². The molecule has 0 aliphatic carbocycles. The number of terminal acetylenes is 1. The van der Waals surface area contributed by atoms with Crippen molar-refractivity contribution < 1.29 is 14.6 Å². The molecule has 0 aliphatic heterocycles. The smallest absolute Gasteiger partial charge is 0.254 e. The van der Waals surface area contributed by atoms with Crippen molar-refractivity contribution >= 4 is 5.91 Å². The maximum Gasteiger partial charge on any atom is 0.254 e. The molecule has 2 rings (SSSR count). The number of carbonyl (C=O) groups is 1. The van der Waals surface area contributed by atoms with Crippen LogP contribution in [0.15, 0.2) is 54.6 Å². The summed E-state index contributed by atoms with van der Waals surface area (Å²) in [5.41, 5.74) is 1.56. The fourth-order valence-corrected chi connectivity index (χ4v) is 2.18.